The van der Waals surface area contributed by atoms with Crippen molar-refractivity contribution in [3.05, 3.63) is 174 Å². The second kappa shape index (κ2) is 11.8. The number of anilines is 2. The molecule has 0 N–H and O–H groups in total. The minimum atomic E-state index is 0.181. The summed E-state index contributed by atoms with van der Waals surface area (Å²) in [7, 11) is 0. The predicted molar refractivity (Wildman–Crippen MR) is 222 cm³/mol. The summed E-state index contributed by atoms with van der Waals surface area (Å²) >= 11 is 0. The summed E-state index contributed by atoms with van der Waals surface area (Å²) in [6, 6.07) is 47.1. The molecular formula is C49H38N4. The molecule has 0 amide bonds. The highest BCUT2D eigenvalue weighted by molar-refractivity contribution is 6.08. The van der Waals surface area contributed by atoms with Gasteiger partial charge in [-0.2, -0.15) is 0 Å². The zero-order valence-electron chi connectivity index (χ0n) is 29.7. The number of benzene rings is 5. The van der Waals surface area contributed by atoms with Crippen molar-refractivity contribution in [3.63, 3.8) is 0 Å². The van der Waals surface area contributed by atoms with Gasteiger partial charge in [0.05, 0.1) is 17.1 Å². The molecule has 2 aliphatic carbocycles. The number of nitrogens with zero attached hydrogens (tertiary/aromatic N) is 4. The number of fused-ring (bicyclic) bond motifs is 9. The number of aromatic nitrogens is 3. The fourth-order valence-corrected chi connectivity index (χ4v) is 9.30. The van der Waals surface area contributed by atoms with E-state index in [1.165, 1.54) is 89.8 Å². The van der Waals surface area contributed by atoms with Crippen LogP contribution in [0.15, 0.2) is 157 Å². The number of allylic oxidation sites excluding steroid dienone is 3. The van der Waals surface area contributed by atoms with E-state index in [4.69, 9.17) is 4.98 Å². The third-order valence-corrected chi connectivity index (χ3v) is 11.7. The molecule has 1 atom stereocenters. The third-order valence-electron chi connectivity index (χ3n) is 11.7. The minimum absolute atomic E-state index is 0.181. The Morgan fingerprint density at radius 1 is 0.660 bits per heavy atom. The normalized spacial score (nSPS) is 16.2. The molecule has 4 heterocycles. The predicted octanol–water partition coefficient (Wildman–Crippen LogP) is 12.4. The van der Waals surface area contributed by atoms with E-state index in [1.54, 1.807) is 0 Å². The topological polar surface area (TPSA) is 26.0 Å². The fourth-order valence-electron chi connectivity index (χ4n) is 9.30. The highest BCUT2D eigenvalue weighted by Gasteiger charge is 2.39. The monoisotopic (exact) mass is 682 g/mol. The average Bonchev–Trinajstić information content (AvgIpc) is 3.90. The smallest absolute Gasteiger partial charge is 0.145 e. The summed E-state index contributed by atoms with van der Waals surface area (Å²) in [5.74, 6) is 0. The van der Waals surface area contributed by atoms with Crippen molar-refractivity contribution in [1.82, 2.24) is 14.1 Å². The van der Waals surface area contributed by atoms with Crippen molar-refractivity contribution in [1.29, 1.82) is 0 Å². The summed E-state index contributed by atoms with van der Waals surface area (Å²) in [4.78, 5) is 7.44. The van der Waals surface area contributed by atoms with E-state index in [-0.39, 0.29) is 6.04 Å². The Balaban J connectivity index is 1.04. The van der Waals surface area contributed by atoms with Crippen LogP contribution in [-0.4, -0.2) is 20.2 Å². The van der Waals surface area contributed by atoms with Crippen molar-refractivity contribution in [2.24, 2.45) is 0 Å². The van der Waals surface area contributed by atoms with Gasteiger partial charge in [-0.1, -0.05) is 85.8 Å². The molecule has 1 unspecified atom stereocenters. The van der Waals surface area contributed by atoms with Gasteiger partial charge in [0.2, 0.25) is 0 Å². The Bertz CT molecular complexity index is 2810. The van der Waals surface area contributed by atoms with E-state index in [1.807, 2.05) is 12.3 Å². The Morgan fingerprint density at radius 3 is 2.42 bits per heavy atom. The van der Waals surface area contributed by atoms with Crippen LogP contribution in [0.1, 0.15) is 43.0 Å². The van der Waals surface area contributed by atoms with E-state index in [0.717, 1.165) is 30.6 Å². The summed E-state index contributed by atoms with van der Waals surface area (Å²) in [6.45, 7) is 2.28. The lowest BCUT2D eigenvalue weighted by Crippen LogP contribution is -2.27. The molecule has 4 nitrogen and oxygen atoms in total. The number of pyridine rings is 1. The van der Waals surface area contributed by atoms with Crippen molar-refractivity contribution >= 4 is 55.9 Å². The van der Waals surface area contributed by atoms with Crippen LogP contribution in [0.4, 0.5) is 11.4 Å². The lowest BCUT2D eigenvalue weighted by atomic mass is 9.99. The van der Waals surface area contributed by atoms with Crippen LogP contribution in [0, 0.1) is 0 Å². The van der Waals surface area contributed by atoms with Gasteiger partial charge in [0, 0.05) is 61.9 Å². The first kappa shape index (κ1) is 30.3. The largest absolute Gasteiger partial charge is 0.330 e. The zero-order chi connectivity index (χ0) is 35.0. The van der Waals surface area contributed by atoms with E-state index < -0.39 is 0 Å². The van der Waals surface area contributed by atoms with E-state index in [0.29, 0.717) is 0 Å². The Morgan fingerprint density at radius 2 is 1.49 bits per heavy atom. The molecule has 0 saturated carbocycles. The van der Waals surface area contributed by atoms with Gasteiger partial charge in [0.25, 0.3) is 0 Å². The van der Waals surface area contributed by atoms with Crippen molar-refractivity contribution < 1.29 is 0 Å². The second-order valence-corrected chi connectivity index (χ2v) is 14.5. The van der Waals surface area contributed by atoms with Gasteiger partial charge in [0.1, 0.15) is 5.65 Å². The molecule has 4 heteroatoms. The average molecular weight is 683 g/mol. The molecule has 11 rings (SSSR count). The quantitative estimate of drug-likeness (QED) is 0.181. The summed E-state index contributed by atoms with van der Waals surface area (Å²) in [6.07, 6.45) is 15.7. The third kappa shape index (κ3) is 4.51. The van der Waals surface area contributed by atoms with E-state index in [9.17, 15) is 0 Å². The molecule has 53 heavy (non-hydrogen) atoms. The van der Waals surface area contributed by atoms with Crippen LogP contribution in [-0.2, 0) is 6.42 Å². The molecule has 8 aromatic rings. The lowest BCUT2D eigenvalue weighted by Gasteiger charge is -2.29. The van der Waals surface area contributed by atoms with Crippen LogP contribution in [0.25, 0.3) is 67.0 Å². The number of hydrogen-bond donors (Lipinski definition) is 0. The van der Waals surface area contributed by atoms with Crippen LogP contribution >= 0.6 is 0 Å². The summed E-state index contributed by atoms with van der Waals surface area (Å²) < 4.78 is 4.81. The van der Waals surface area contributed by atoms with E-state index >= 15 is 0 Å². The molecule has 3 aromatic heterocycles. The van der Waals surface area contributed by atoms with Crippen molar-refractivity contribution in [3.8, 4) is 22.5 Å². The van der Waals surface area contributed by atoms with Gasteiger partial charge < -0.3 is 9.47 Å². The molecular weight excluding hydrogens is 645 g/mol. The molecule has 0 bridgehead atoms. The molecule has 0 spiro atoms. The van der Waals surface area contributed by atoms with Gasteiger partial charge in [0.15, 0.2) is 0 Å². The summed E-state index contributed by atoms with van der Waals surface area (Å²) in [5.41, 5.74) is 17.6. The number of hydrogen-bond acceptors (Lipinski definition) is 2. The molecule has 5 aromatic carbocycles. The summed E-state index contributed by atoms with van der Waals surface area (Å²) in [5, 5.41) is 3.72. The molecule has 254 valence electrons. The second-order valence-electron chi connectivity index (χ2n) is 14.5. The first-order valence-electron chi connectivity index (χ1n) is 19.0. The Hall–Kier alpha value is -6.39. The van der Waals surface area contributed by atoms with Crippen LogP contribution < -0.4 is 4.90 Å². The van der Waals surface area contributed by atoms with Crippen LogP contribution in [0.3, 0.4) is 0 Å². The highest BCUT2D eigenvalue weighted by Crippen LogP contribution is 2.51. The first-order chi connectivity index (χ1) is 26.3. The molecule has 0 fully saturated rings. The van der Waals surface area contributed by atoms with Crippen LogP contribution in [0.2, 0.25) is 0 Å². The standard InChI is InChI=1S/C49H38N4/c1-2-32-22-25-40-43-31-37(53-45-21-10-9-18-38(45)41-19-12-28-50-49(41)53)24-27-47(43)52(48(32)40)36-16-11-13-33(29-36)34-23-26-46-42(30-34)39-17-7-4-8-20-44(39)51(46)35-14-5-3-6-15-35/h3,5-7,9-19,21-31,48H,2,4,8,20H2,1H3. The maximum Gasteiger partial charge on any atom is 0.145 e. The maximum absolute atomic E-state index is 4.87. The van der Waals surface area contributed by atoms with Gasteiger partial charge in [-0.05, 0) is 121 Å². The number of para-hydroxylation sites is 2. The zero-order valence-corrected chi connectivity index (χ0v) is 29.7. The maximum atomic E-state index is 4.87. The van der Waals surface area contributed by atoms with Crippen molar-refractivity contribution in [2.75, 3.05) is 4.90 Å². The number of rotatable bonds is 5. The van der Waals surface area contributed by atoms with Crippen molar-refractivity contribution in [2.45, 2.75) is 38.6 Å². The van der Waals surface area contributed by atoms with Gasteiger partial charge in [-0.3, -0.25) is 4.57 Å². The molecule has 0 saturated heterocycles. The molecule has 1 aliphatic heterocycles. The lowest BCUT2D eigenvalue weighted by molar-refractivity contribution is 0.807. The molecule has 3 aliphatic rings. The fraction of sp³-hybridized carbons (Fsp3) is 0.122. The van der Waals surface area contributed by atoms with Crippen LogP contribution in [0.5, 0.6) is 0 Å². The first-order valence-corrected chi connectivity index (χ1v) is 19.0. The Labute approximate surface area is 309 Å². The molecule has 0 radical (unpaired) electrons. The minimum Gasteiger partial charge on any atom is -0.330 e. The van der Waals surface area contributed by atoms with Gasteiger partial charge >= 0.3 is 0 Å². The van der Waals surface area contributed by atoms with Gasteiger partial charge in [-0.15, -0.1) is 0 Å². The highest BCUT2D eigenvalue weighted by atomic mass is 15.2. The van der Waals surface area contributed by atoms with E-state index in [2.05, 4.69) is 167 Å². The Kier molecular flexibility index (Phi) is 6.75. The SMILES string of the molecule is CCC1=CC=C2c3cc(-n4c5ccccc5c5cccnc54)ccc3N(c3cccc(-c4ccc5c(c4)c4c(n5-c5ccccc5)CCCC=C4)c3)C12. The van der Waals surface area contributed by atoms with Gasteiger partial charge in [-0.25, -0.2) is 4.98 Å².